The summed E-state index contributed by atoms with van der Waals surface area (Å²) in [6.45, 7) is 7.21. The topological polar surface area (TPSA) is 69.0 Å². The van der Waals surface area contributed by atoms with Gasteiger partial charge in [-0.2, -0.15) is 0 Å². The molecule has 0 saturated carbocycles. The SMILES string of the molecule is COc1cc(C2c3c(oc4ccc(Br)cc4c3=O)C(=O)N2Cc2ccc(C)cc2)ccc1OCCC(C)C. The molecule has 2 heterocycles. The molecule has 0 fully saturated rings. The van der Waals surface area contributed by atoms with E-state index in [0.717, 1.165) is 27.6 Å². The van der Waals surface area contributed by atoms with Gasteiger partial charge in [0.1, 0.15) is 5.58 Å². The van der Waals surface area contributed by atoms with Crippen LogP contribution in [0.2, 0.25) is 0 Å². The van der Waals surface area contributed by atoms with Crippen molar-refractivity contribution in [3.05, 3.63) is 103 Å². The normalized spacial score (nSPS) is 14.8. The van der Waals surface area contributed by atoms with Crippen LogP contribution in [-0.4, -0.2) is 24.5 Å². The number of ether oxygens (including phenoxy) is 2. The zero-order chi connectivity index (χ0) is 27.0. The summed E-state index contributed by atoms with van der Waals surface area (Å²) >= 11 is 3.45. The molecule has 6 nitrogen and oxygen atoms in total. The molecule has 0 N–H and O–H groups in total. The standard InChI is InChI=1S/C31H30BrNO5/c1-18(2)13-14-37-25-11-9-21(15-26(25)36-4)28-27-29(34)23-16-22(32)10-12-24(23)38-30(27)31(35)33(28)17-20-7-5-19(3)6-8-20/h5-12,15-16,18,28H,13-14,17H2,1-4H3. The van der Waals surface area contributed by atoms with Crippen molar-refractivity contribution in [3.63, 3.8) is 0 Å². The first kappa shape index (κ1) is 26.0. The molecule has 38 heavy (non-hydrogen) atoms. The average Bonchev–Trinajstić information content (AvgIpc) is 3.17. The fourth-order valence-electron chi connectivity index (χ4n) is 4.77. The lowest BCUT2D eigenvalue weighted by atomic mass is 9.97. The fourth-order valence-corrected chi connectivity index (χ4v) is 5.13. The predicted octanol–water partition coefficient (Wildman–Crippen LogP) is 7.04. The molecule has 0 aliphatic carbocycles. The number of carbonyl (C=O) groups excluding carboxylic acids is 1. The summed E-state index contributed by atoms with van der Waals surface area (Å²) in [5.41, 5.74) is 3.34. The highest BCUT2D eigenvalue weighted by Crippen LogP contribution is 2.42. The number of carbonyl (C=O) groups is 1. The van der Waals surface area contributed by atoms with Crippen LogP contribution in [0.15, 0.2) is 74.3 Å². The molecule has 196 valence electrons. The second kappa shape index (κ2) is 10.7. The van der Waals surface area contributed by atoms with Crippen LogP contribution in [0.25, 0.3) is 11.0 Å². The highest BCUT2D eigenvalue weighted by Gasteiger charge is 2.43. The summed E-state index contributed by atoms with van der Waals surface area (Å²) in [6, 6.07) is 18.2. The third kappa shape index (κ3) is 4.95. The van der Waals surface area contributed by atoms with Crippen molar-refractivity contribution in [3.8, 4) is 11.5 Å². The largest absolute Gasteiger partial charge is 0.493 e. The third-order valence-electron chi connectivity index (χ3n) is 6.86. The van der Waals surface area contributed by atoms with E-state index in [1.165, 1.54) is 0 Å². The number of amides is 1. The Labute approximate surface area is 230 Å². The Morgan fingerprint density at radius 3 is 2.47 bits per heavy atom. The van der Waals surface area contributed by atoms with Gasteiger partial charge in [0.15, 0.2) is 16.9 Å². The van der Waals surface area contributed by atoms with Gasteiger partial charge < -0.3 is 18.8 Å². The summed E-state index contributed by atoms with van der Waals surface area (Å²) in [7, 11) is 1.59. The Bertz CT molecular complexity index is 1560. The summed E-state index contributed by atoms with van der Waals surface area (Å²) in [5, 5.41) is 0.425. The van der Waals surface area contributed by atoms with Gasteiger partial charge in [0.2, 0.25) is 5.76 Å². The monoisotopic (exact) mass is 575 g/mol. The van der Waals surface area contributed by atoms with Gasteiger partial charge in [-0.1, -0.05) is 65.7 Å². The van der Waals surface area contributed by atoms with E-state index in [4.69, 9.17) is 13.9 Å². The van der Waals surface area contributed by atoms with Crippen LogP contribution >= 0.6 is 15.9 Å². The number of aryl methyl sites for hydroxylation is 1. The maximum Gasteiger partial charge on any atom is 0.291 e. The molecule has 4 aromatic rings. The van der Waals surface area contributed by atoms with E-state index < -0.39 is 6.04 Å². The van der Waals surface area contributed by atoms with E-state index in [2.05, 4.69) is 29.8 Å². The fraction of sp³-hybridized carbons (Fsp3) is 0.290. The van der Waals surface area contributed by atoms with Gasteiger partial charge in [-0.3, -0.25) is 9.59 Å². The van der Waals surface area contributed by atoms with Gasteiger partial charge in [0, 0.05) is 11.0 Å². The molecule has 5 rings (SSSR count). The molecule has 0 spiro atoms. The van der Waals surface area contributed by atoms with Gasteiger partial charge in [-0.05, 0) is 60.7 Å². The lowest BCUT2D eigenvalue weighted by molar-refractivity contribution is 0.0714. The first-order chi connectivity index (χ1) is 18.3. The summed E-state index contributed by atoms with van der Waals surface area (Å²) in [5.74, 6) is 1.46. The molecule has 0 saturated heterocycles. The van der Waals surface area contributed by atoms with Crippen molar-refractivity contribution >= 4 is 32.8 Å². The molecule has 3 aromatic carbocycles. The highest BCUT2D eigenvalue weighted by molar-refractivity contribution is 9.10. The molecule has 0 bridgehead atoms. The summed E-state index contributed by atoms with van der Waals surface area (Å²) in [6.07, 6.45) is 0.920. The van der Waals surface area contributed by atoms with Crippen molar-refractivity contribution in [1.82, 2.24) is 4.90 Å². The number of methoxy groups -OCH3 is 1. The molecule has 1 aliphatic rings. The lowest BCUT2D eigenvalue weighted by Crippen LogP contribution is -2.29. The van der Waals surface area contributed by atoms with E-state index in [9.17, 15) is 9.59 Å². The Kier molecular flexibility index (Phi) is 7.30. The molecule has 1 unspecified atom stereocenters. The van der Waals surface area contributed by atoms with Crippen LogP contribution in [-0.2, 0) is 6.54 Å². The van der Waals surface area contributed by atoms with Gasteiger partial charge in [-0.25, -0.2) is 0 Å². The van der Waals surface area contributed by atoms with E-state index in [0.29, 0.717) is 47.1 Å². The summed E-state index contributed by atoms with van der Waals surface area (Å²) in [4.78, 5) is 29.3. The second-order valence-corrected chi connectivity index (χ2v) is 11.0. The minimum absolute atomic E-state index is 0.0816. The van der Waals surface area contributed by atoms with Crippen LogP contribution in [0, 0.1) is 12.8 Å². The van der Waals surface area contributed by atoms with E-state index in [1.54, 1.807) is 30.2 Å². The molecule has 7 heteroatoms. The minimum Gasteiger partial charge on any atom is -0.493 e. The molecular formula is C31H30BrNO5. The molecule has 1 atom stereocenters. The van der Waals surface area contributed by atoms with E-state index in [-0.39, 0.29) is 17.1 Å². The van der Waals surface area contributed by atoms with Crippen LogP contribution < -0.4 is 14.9 Å². The number of hydrogen-bond acceptors (Lipinski definition) is 5. The Balaban J connectivity index is 1.63. The first-order valence-electron chi connectivity index (χ1n) is 12.7. The molecule has 1 aromatic heterocycles. The van der Waals surface area contributed by atoms with Gasteiger partial charge in [-0.15, -0.1) is 0 Å². The van der Waals surface area contributed by atoms with Crippen molar-refractivity contribution in [1.29, 1.82) is 0 Å². The maximum atomic E-state index is 13.9. The number of halogens is 1. The molecule has 0 radical (unpaired) electrons. The van der Waals surface area contributed by atoms with Crippen molar-refractivity contribution in [2.24, 2.45) is 5.92 Å². The first-order valence-corrected chi connectivity index (χ1v) is 13.5. The number of benzene rings is 3. The van der Waals surface area contributed by atoms with Gasteiger partial charge >= 0.3 is 0 Å². The van der Waals surface area contributed by atoms with Crippen LogP contribution in [0.4, 0.5) is 0 Å². The quantitative estimate of drug-likeness (QED) is 0.225. The van der Waals surface area contributed by atoms with Gasteiger partial charge in [0.05, 0.1) is 30.7 Å². The number of fused-ring (bicyclic) bond motifs is 2. The smallest absolute Gasteiger partial charge is 0.291 e. The van der Waals surface area contributed by atoms with E-state index in [1.807, 2.05) is 49.4 Å². The zero-order valence-corrected chi connectivity index (χ0v) is 23.5. The van der Waals surface area contributed by atoms with Crippen LogP contribution in [0.3, 0.4) is 0 Å². The van der Waals surface area contributed by atoms with Gasteiger partial charge in [0.25, 0.3) is 5.91 Å². The van der Waals surface area contributed by atoms with Crippen molar-refractivity contribution < 1.29 is 18.7 Å². The number of hydrogen-bond donors (Lipinski definition) is 0. The Hall–Kier alpha value is -3.58. The minimum atomic E-state index is -0.642. The van der Waals surface area contributed by atoms with Crippen molar-refractivity contribution in [2.75, 3.05) is 13.7 Å². The predicted molar refractivity (Wildman–Crippen MR) is 151 cm³/mol. The maximum absolute atomic E-state index is 13.9. The molecule has 1 aliphatic heterocycles. The zero-order valence-electron chi connectivity index (χ0n) is 21.9. The Morgan fingerprint density at radius 2 is 1.76 bits per heavy atom. The Morgan fingerprint density at radius 1 is 1.00 bits per heavy atom. The van der Waals surface area contributed by atoms with Crippen molar-refractivity contribution in [2.45, 2.75) is 39.8 Å². The van der Waals surface area contributed by atoms with Crippen LogP contribution in [0.1, 0.15) is 59.1 Å². The second-order valence-electron chi connectivity index (χ2n) is 10.1. The summed E-state index contributed by atoms with van der Waals surface area (Å²) < 4.78 is 18.5. The number of nitrogens with zero attached hydrogens (tertiary/aromatic N) is 1. The molecule has 1 amide bonds. The molecular weight excluding hydrogens is 546 g/mol. The average molecular weight is 576 g/mol. The lowest BCUT2D eigenvalue weighted by Gasteiger charge is -2.26. The third-order valence-corrected chi connectivity index (χ3v) is 7.35. The number of rotatable bonds is 8. The van der Waals surface area contributed by atoms with E-state index >= 15 is 0 Å². The van der Waals surface area contributed by atoms with Crippen LogP contribution in [0.5, 0.6) is 11.5 Å². The highest BCUT2D eigenvalue weighted by atomic mass is 79.9.